The van der Waals surface area contributed by atoms with Crippen LogP contribution in [0.25, 0.3) is 0 Å². The summed E-state index contributed by atoms with van der Waals surface area (Å²) in [5.74, 6) is 1.71. The largest absolute Gasteiger partial charge is 0.330 e. The van der Waals surface area contributed by atoms with Gasteiger partial charge in [0.15, 0.2) is 0 Å². The van der Waals surface area contributed by atoms with E-state index in [9.17, 15) is 0 Å². The van der Waals surface area contributed by atoms with Crippen molar-refractivity contribution in [2.24, 2.45) is 11.7 Å². The minimum Gasteiger partial charge on any atom is -0.330 e. The molecule has 1 aromatic rings. The average molecular weight is 223 g/mol. The molecular formula is C11H21N5. The van der Waals surface area contributed by atoms with Gasteiger partial charge in [0.25, 0.3) is 0 Å². The highest BCUT2D eigenvalue weighted by Gasteiger charge is 2.19. The number of hydrogen-bond donors (Lipinski definition) is 1. The predicted molar refractivity (Wildman–Crippen MR) is 62.8 cm³/mol. The Morgan fingerprint density at radius 2 is 2.38 bits per heavy atom. The molecule has 0 aliphatic carbocycles. The average Bonchev–Trinajstić information content (AvgIpc) is 2.75. The van der Waals surface area contributed by atoms with E-state index in [1.54, 1.807) is 0 Å². The third-order valence-corrected chi connectivity index (χ3v) is 3.26. The van der Waals surface area contributed by atoms with E-state index < -0.39 is 0 Å². The maximum atomic E-state index is 5.79. The number of hydrogen-bond acceptors (Lipinski definition) is 4. The van der Waals surface area contributed by atoms with Crippen molar-refractivity contribution in [2.45, 2.75) is 32.9 Å². The summed E-state index contributed by atoms with van der Waals surface area (Å²) < 4.78 is 2.13. The Balaban J connectivity index is 1.88. The number of fused-ring (bicyclic) bond motifs is 1. The first-order valence-corrected chi connectivity index (χ1v) is 6.12. The van der Waals surface area contributed by atoms with Crippen LogP contribution < -0.4 is 5.73 Å². The molecule has 0 aromatic carbocycles. The van der Waals surface area contributed by atoms with Gasteiger partial charge in [0.1, 0.15) is 12.2 Å². The topological polar surface area (TPSA) is 60.0 Å². The summed E-state index contributed by atoms with van der Waals surface area (Å²) in [5, 5.41) is 8.06. The van der Waals surface area contributed by atoms with Gasteiger partial charge < -0.3 is 10.3 Å². The first-order valence-electron chi connectivity index (χ1n) is 6.12. The second-order valence-electron chi connectivity index (χ2n) is 4.57. The van der Waals surface area contributed by atoms with E-state index in [-0.39, 0.29) is 0 Å². The minimum absolute atomic E-state index is 0.625. The molecule has 1 unspecified atom stereocenters. The highest BCUT2D eigenvalue weighted by molar-refractivity contribution is 4.90. The second-order valence-corrected chi connectivity index (χ2v) is 4.57. The van der Waals surface area contributed by atoms with Crippen LogP contribution in [-0.4, -0.2) is 39.3 Å². The van der Waals surface area contributed by atoms with Gasteiger partial charge in [0.2, 0.25) is 0 Å². The van der Waals surface area contributed by atoms with Gasteiger partial charge in [-0.2, -0.15) is 0 Å². The molecule has 0 saturated carbocycles. The molecule has 2 N–H and O–H groups in total. The first kappa shape index (κ1) is 11.5. The van der Waals surface area contributed by atoms with Crippen LogP contribution in [0.1, 0.15) is 25.6 Å². The van der Waals surface area contributed by atoms with Gasteiger partial charge in [-0.15, -0.1) is 10.2 Å². The summed E-state index contributed by atoms with van der Waals surface area (Å²) in [7, 11) is 0. The lowest BCUT2D eigenvalue weighted by molar-refractivity contribution is 0.182. The van der Waals surface area contributed by atoms with Gasteiger partial charge in [-0.05, 0) is 18.9 Å². The molecule has 1 aromatic heterocycles. The lowest BCUT2D eigenvalue weighted by Crippen LogP contribution is -2.38. The van der Waals surface area contributed by atoms with Crippen LogP contribution in [-0.2, 0) is 13.1 Å². The summed E-state index contributed by atoms with van der Waals surface area (Å²) >= 11 is 0. The van der Waals surface area contributed by atoms with Crippen LogP contribution in [0, 0.1) is 5.92 Å². The molecule has 1 aliphatic heterocycles. The van der Waals surface area contributed by atoms with E-state index >= 15 is 0 Å². The molecule has 0 bridgehead atoms. The van der Waals surface area contributed by atoms with Gasteiger partial charge in [0.05, 0.1) is 6.54 Å². The Morgan fingerprint density at radius 1 is 1.50 bits per heavy atom. The van der Waals surface area contributed by atoms with E-state index in [0.29, 0.717) is 5.92 Å². The standard InChI is InChI=1S/C11H21N5/c1-2-3-10(6-12)7-15-4-5-16-9-13-14-11(16)8-15/h9-10H,2-8,12H2,1H3. The lowest BCUT2D eigenvalue weighted by Gasteiger charge is -2.30. The molecule has 0 spiro atoms. The van der Waals surface area contributed by atoms with Gasteiger partial charge in [0, 0.05) is 19.6 Å². The van der Waals surface area contributed by atoms with Crippen molar-refractivity contribution in [2.75, 3.05) is 19.6 Å². The monoisotopic (exact) mass is 223 g/mol. The molecule has 2 rings (SSSR count). The summed E-state index contributed by atoms with van der Waals surface area (Å²) in [6.07, 6.45) is 4.25. The zero-order valence-corrected chi connectivity index (χ0v) is 9.97. The number of rotatable bonds is 5. The fourth-order valence-electron chi connectivity index (χ4n) is 2.33. The van der Waals surface area contributed by atoms with Gasteiger partial charge >= 0.3 is 0 Å². The molecule has 16 heavy (non-hydrogen) atoms. The highest BCUT2D eigenvalue weighted by atomic mass is 15.3. The molecule has 5 heteroatoms. The lowest BCUT2D eigenvalue weighted by atomic mass is 10.0. The zero-order chi connectivity index (χ0) is 11.4. The van der Waals surface area contributed by atoms with E-state index in [1.807, 2.05) is 6.33 Å². The Bertz CT molecular complexity index is 322. The van der Waals surface area contributed by atoms with Crippen molar-refractivity contribution in [3.63, 3.8) is 0 Å². The molecular weight excluding hydrogens is 202 g/mol. The van der Waals surface area contributed by atoms with E-state index in [4.69, 9.17) is 5.73 Å². The highest BCUT2D eigenvalue weighted by Crippen LogP contribution is 2.13. The van der Waals surface area contributed by atoms with Crippen LogP contribution in [0.5, 0.6) is 0 Å². The van der Waals surface area contributed by atoms with Crippen molar-refractivity contribution in [3.05, 3.63) is 12.2 Å². The number of aromatic nitrogens is 3. The molecule has 1 aliphatic rings. The zero-order valence-electron chi connectivity index (χ0n) is 9.97. The second kappa shape index (κ2) is 5.41. The normalized spacial score (nSPS) is 18.4. The van der Waals surface area contributed by atoms with Gasteiger partial charge in [-0.25, -0.2) is 0 Å². The third kappa shape index (κ3) is 2.59. The fourth-order valence-corrected chi connectivity index (χ4v) is 2.33. The van der Waals surface area contributed by atoms with Crippen LogP contribution in [0.3, 0.4) is 0 Å². The molecule has 0 amide bonds. The van der Waals surface area contributed by atoms with Crippen molar-refractivity contribution < 1.29 is 0 Å². The quantitative estimate of drug-likeness (QED) is 0.788. The van der Waals surface area contributed by atoms with Gasteiger partial charge in [-0.3, -0.25) is 4.90 Å². The van der Waals surface area contributed by atoms with E-state index in [2.05, 4.69) is 26.6 Å². The molecule has 5 nitrogen and oxygen atoms in total. The summed E-state index contributed by atoms with van der Waals surface area (Å²) in [4.78, 5) is 2.44. The van der Waals surface area contributed by atoms with Crippen LogP contribution >= 0.6 is 0 Å². The van der Waals surface area contributed by atoms with E-state index in [0.717, 1.165) is 38.5 Å². The molecule has 0 saturated heterocycles. The fraction of sp³-hybridized carbons (Fsp3) is 0.818. The summed E-state index contributed by atoms with van der Waals surface area (Å²) in [5.41, 5.74) is 5.79. The summed E-state index contributed by atoms with van der Waals surface area (Å²) in [6, 6.07) is 0. The predicted octanol–water partition coefficient (Wildman–Crippen LogP) is 0.469. The van der Waals surface area contributed by atoms with Gasteiger partial charge in [-0.1, -0.05) is 13.3 Å². The van der Waals surface area contributed by atoms with Crippen molar-refractivity contribution in [3.8, 4) is 0 Å². The molecule has 2 heterocycles. The molecule has 90 valence electrons. The SMILES string of the molecule is CCCC(CN)CN1CCn2cnnc2C1. The number of nitrogens with zero attached hydrogens (tertiary/aromatic N) is 4. The van der Waals surface area contributed by atoms with Crippen molar-refractivity contribution >= 4 is 0 Å². The van der Waals surface area contributed by atoms with Crippen molar-refractivity contribution in [1.29, 1.82) is 0 Å². The smallest absolute Gasteiger partial charge is 0.147 e. The van der Waals surface area contributed by atoms with Crippen LogP contribution in [0.15, 0.2) is 6.33 Å². The Hall–Kier alpha value is -0.940. The maximum absolute atomic E-state index is 5.79. The van der Waals surface area contributed by atoms with Crippen LogP contribution in [0.4, 0.5) is 0 Å². The molecule has 1 atom stereocenters. The van der Waals surface area contributed by atoms with Crippen molar-refractivity contribution in [1.82, 2.24) is 19.7 Å². The Kier molecular flexibility index (Phi) is 3.90. The van der Waals surface area contributed by atoms with E-state index in [1.165, 1.54) is 12.8 Å². The number of nitrogens with two attached hydrogens (primary N) is 1. The third-order valence-electron chi connectivity index (χ3n) is 3.26. The first-order chi connectivity index (χ1) is 7.83. The molecule has 0 radical (unpaired) electrons. The maximum Gasteiger partial charge on any atom is 0.147 e. The summed E-state index contributed by atoms with van der Waals surface area (Å²) in [6.45, 7) is 7.11. The molecule has 0 fully saturated rings. The Morgan fingerprint density at radius 3 is 3.12 bits per heavy atom. The van der Waals surface area contributed by atoms with Crippen LogP contribution in [0.2, 0.25) is 0 Å². The minimum atomic E-state index is 0.625. The Labute approximate surface area is 96.6 Å².